The molecule has 2 rings (SSSR count). The lowest BCUT2D eigenvalue weighted by molar-refractivity contribution is -0.384. The summed E-state index contributed by atoms with van der Waals surface area (Å²) in [6.07, 6.45) is 0. The van der Waals surface area contributed by atoms with Crippen LogP contribution in [0.1, 0.15) is 15.9 Å². The summed E-state index contributed by atoms with van der Waals surface area (Å²) in [6.45, 7) is 1.66. The van der Waals surface area contributed by atoms with Gasteiger partial charge in [0.15, 0.2) is 0 Å². The SMILES string of the molecule is Cc1cccc(F)c1Nc1ccc([N+](=O)[O-])cc1C(=O)O. The van der Waals surface area contributed by atoms with E-state index in [0.717, 1.165) is 12.1 Å². The Kier molecular flexibility index (Phi) is 3.84. The fraction of sp³-hybridized carbons (Fsp3) is 0.0714. The number of nitro benzene ring substituents is 1. The first kappa shape index (κ1) is 14.4. The molecule has 2 aromatic carbocycles. The number of carboxylic acid groups (broad SMARTS) is 1. The van der Waals surface area contributed by atoms with Crippen LogP contribution >= 0.6 is 0 Å². The van der Waals surface area contributed by atoms with Gasteiger partial charge in [0.05, 0.1) is 21.9 Å². The summed E-state index contributed by atoms with van der Waals surface area (Å²) in [5.41, 5.74) is 0.162. The summed E-state index contributed by atoms with van der Waals surface area (Å²) in [5.74, 6) is -1.88. The number of carboxylic acids is 1. The zero-order chi connectivity index (χ0) is 15.6. The number of non-ortho nitro benzene ring substituents is 1. The number of nitrogens with zero attached hydrogens (tertiary/aromatic N) is 1. The maximum Gasteiger partial charge on any atom is 0.338 e. The van der Waals surface area contributed by atoms with Gasteiger partial charge in [-0.2, -0.15) is 0 Å². The minimum atomic E-state index is -1.34. The molecule has 0 bridgehead atoms. The highest BCUT2D eigenvalue weighted by molar-refractivity contribution is 5.96. The van der Waals surface area contributed by atoms with E-state index in [-0.39, 0.29) is 22.6 Å². The minimum Gasteiger partial charge on any atom is -0.478 e. The van der Waals surface area contributed by atoms with Crippen molar-refractivity contribution < 1.29 is 19.2 Å². The first-order valence-corrected chi connectivity index (χ1v) is 5.94. The third kappa shape index (κ3) is 2.97. The lowest BCUT2D eigenvalue weighted by Gasteiger charge is -2.12. The summed E-state index contributed by atoms with van der Waals surface area (Å²) < 4.78 is 13.8. The number of aromatic carboxylic acids is 1. The molecule has 0 saturated carbocycles. The monoisotopic (exact) mass is 290 g/mol. The Morgan fingerprint density at radius 2 is 2.05 bits per heavy atom. The average molecular weight is 290 g/mol. The summed E-state index contributed by atoms with van der Waals surface area (Å²) >= 11 is 0. The van der Waals surface area contributed by atoms with Crippen LogP contribution < -0.4 is 5.32 Å². The molecule has 0 heterocycles. The summed E-state index contributed by atoms with van der Waals surface area (Å²) in [4.78, 5) is 21.2. The van der Waals surface area contributed by atoms with Gasteiger partial charge in [0.1, 0.15) is 5.82 Å². The Bertz CT molecular complexity index is 711. The number of hydrogen-bond acceptors (Lipinski definition) is 4. The molecule has 108 valence electrons. The molecule has 7 heteroatoms. The topological polar surface area (TPSA) is 92.5 Å². The van der Waals surface area contributed by atoms with E-state index in [1.54, 1.807) is 13.0 Å². The fourth-order valence-corrected chi connectivity index (χ4v) is 1.86. The number of nitro groups is 1. The van der Waals surface area contributed by atoms with Gasteiger partial charge in [-0.1, -0.05) is 12.1 Å². The zero-order valence-electron chi connectivity index (χ0n) is 11.0. The maximum absolute atomic E-state index is 13.8. The van der Waals surface area contributed by atoms with E-state index in [1.165, 1.54) is 18.2 Å². The molecule has 0 amide bonds. The number of hydrogen-bond donors (Lipinski definition) is 2. The lowest BCUT2D eigenvalue weighted by atomic mass is 10.1. The molecule has 2 aromatic rings. The van der Waals surface area contributed by atoms with E-state index < -0.39 is 16.7 Å². The summed E-state index contributed by atoms with van der Waals surface area (Å²) in [5, 5.41) is 22.5. The molecule has 6 nitrogen and oxygen atoms in total. The summed E-state index contributed by atoms with van der Waals surface area (Å²) in [7, 11) is 0. The number of para-hydroxylation sites is 1. The second-order valence-electron chi connectivity index (χ2n) is 4.35. The van der Waals surface area contributed by atoms with Gasteiger partial charge in [-0.15, -0.1) is 0 Å². The van der Waals surface area contributed by atoms with Gasteiger partial charge in [0, 0.05) is 12.1 Å². The molecule has 0 aliphatic rings. The van der Waals surface area contributed by atoms with Crippen molar-refractivity contribution in [3.8, 4) is 0 Å². The molecule has 0 atom stereocenters. The quantitative estimate of drug-likeness (QED) is 0.664. The number of nitrogens with one attached hydrogen (secondary N) is 1. The van der Waals surface area contributed by atoms with Gasteiger partial charge in [-0.05, 0) is 24.6 Å². The predicted molar refractivity (Wildman–Crippen MR) is 74.5 cm³/mol. The van der Waals surface area contributed by atoms with Crippen molar-refractivity contribution in [1.29, 1.82) is 0 Å². The van der Waals surface area contributed by atoms with E-state index in [4.69, 9.17) is 5.11 Å². The highest BCUT2D eigenvalue weighted by Crippen LogP contribution is 2.28. The zero-order valence-corrected chi connectivity index (χ0v) is 11.0. The van der Waals surface area contributed by atoms with Crippen LogP contribution in [0, 0.1) is 22.9 Å². The number of aryl methyl sites for hydroxylation is 1. The van der Waals surface area contributed by atoms with Gasteiger partial charge < -0.3 is 10.4 Å². The Morgan fingerprint density at radius 3 is 2.62 bits per heavy atom. The molecule has 0 aromatic heterocycles. The number of halogens is 1. The van der Waals surface area contributed by atoms with Crippen LogP contribution in [0.15, 0.2) is 36.4 Å². The third-order valence-corrected chi connectivity index (χ3v) is 2.93. The molecule has 0 aliphatic carbocycles. The van der Waals surface area contributed by atoms with Gasteiger partial charge in [0.25, 0.3) is 5.69 Å². The second-order valence-corrected chi connectivity index (χ2v) is 4.35. The Balaban J connectivity index is 2.49. The van der Waals surface area contributed by atoms with Crippen LogP contribution in [0.2, 0.25) is 0 Å². The number of rotatable bonds is 4. The predicted octanol–water partition coefficient (Wildman–Crippen LogP) is 3.48. The van der Waals surface area contributed by atoms with Gasteiger partial charge >= 0.3 is 5.97 Å². The Morgan fingerprint density at radius 1 is 1.33 bits per heavy atom. The van der Waals surface area contributed by atoms with Crippen molar-refractivity contribution in [1.82, 2.24) is 0 Å². The van der Waals surface area contributed by atoms with Crippen LogP contribution in [0.25, 0.3) is 0 Å². The first-order chi connectivity index (χ1) is 9.90. The van der Waals surface area contributed by atoms with Crippen LogP contribution in [0.5, 0.6) is 0 Å². The van der Waals surface area contributed by atoms with Gasteiger partial charge in [-0.25, -0.2) is 9.18 Å². The van der Waals surface area contributed by atoms with Crippen molar-refractivity contribution in [2.45, 2.75) is 6.92 Å². The molecule has 0 aliphatic heterocycles. The van der Waals surface area contributed by atoms with Gasteiger partial charge in [-0.3, -0.25) is 10.1 Å². The maximum atomic E-state index is 13.8. The van der Waals surface area contributed by atoms with Crippen molar-refractivity contribution in [3.05, 3.63) is 63.5 Å². The smallest absolute Gasteiger partial charge is 0.338 e. The molecule has 0 radical (unpaired) electrons. The molecule has 0 unspecified atom stereocenters. The second kappa shape index (κ2) is 5.58. The van der Waals surface area contributed by atoms with Crippen molar-refractivity contribution in [2.24, 2.45) is 0 Å². The number of carbonyl (C=O) groups is 1. The average Bonchev–Trinajstić information content (AvgIpc) is 2.42. The Hall–Kier alpha value is -2.96. The van der Waals surface area contributed by atoms with Crippen molar-refractivity contribution >= 4 is 23.0 Å². The van der Waals surface area contributed by atoms with E-state index in [2.05, 4.69) is 5.32 Å². The number of anilines is 2. The lowest BCUT2D eigenvalue weighted by Crippen LogP contribution is -2.05. The molecule has 21 heavy (non-hydrogen) atoms. The molecular formula is C14H11FN2O4. The standard InChI is InChI=1S/C14H11FN2O4/c1-8-3-2-4-11(15)13(8)16-12-6-5-9(17(20)21)7-10(12)14(18)19/h2-7,16H,1H3,(H,18,19). The summed E-state index contributed by atoms with van der Waals surface area (Å²) in [6, 6.07) is 7.77. The highest BCUT2D eigenvalue weighted by Gasteiger charge is 2.17. The number of benzene rings is 2. The first-order valence-electron chi connectivity index (χ1n) is 5.94. The normalized spacial score (nSPS) is 10.2. The van der Waals surface area contributed by atoms with Crippen LogP contribution in [-0.2, 0) is 0 Å². The third-order valence-electron chi connectivity index (χ3n) is 2.93. The van der Waals surface area contributed by atoms with E-state index in [0.29, 0.717) is 5.56 Å². The largest absolute Gasteiger partial charge is 0.478 e. The molecular weight excluding hydrogens is 279 g/mol. The fourth-order valence-electron chi connectivity index (χ4n) is 1.86. The van der Waals surface area contributed by atoms with Crippen molar-refractivity contribution in [3.63, 3.8) is 0 Å². The van der Waals surface area contributed by atoms with Crippen LogP contribution in [-0.4, -0.2) is 16.0 Å². The van der Waals surface area contributed by atoms with E-state index >= 15 is 0 Å². The molecule has 0 saturated heterocycles. The van der Waals surface area contributed by atoms with Crippen molar-refractivity contribution in [2.75, 3.05) is 5.32 Å². The Labute approximate surface area is 119 Å². The van der Waals surface area contributed by atoms with Crippen LogP contribution in [0.4, 0.5) is 21.5 Å². The van der Waals surface area contributed by atoms with E-state index in [1.807, 2.05) is 0 Å². The molecule has 0 spiro atoms. The van der Waals surface area contributed by atoms with Gasteiger partial charge in [0.2, 0.25) is 0 Å². The van der Waals surface area contributed by atoms with Crippen LogP contribution in [0.3, 0.4) is 0 Å². The minimum absolute atomic E-state index is 0.0845. The molecule has 0 fully saturated rings. The highest BCUT2D eigenvalue weighted by atomic mass is 19.1. The molecule has 2 N–H and O–H groups in total. The van der Waals surface area contributed by atoms with E-state index in [9.17, 15) is 19.3 Å².